The van der Waals surface area contributed by atoms with E-state index in [0.29, 0.717) is 11.4 Å². The molecule has 0 saturated heterocycles. The number of nitrogen functional groups attached to an aromatic ring is 1. The molecule has 0 aliphatic heterocycles. The van der Waals surface area contributed by atoms with Gasteiger partial charge in [0.1, 0.15) is 6.54 Å². The first kappa shape index (κ1) is 17.6. The van der Waals surface area contributed by atoms with Crippen LogP contribution in [0.4, 0.5) is 13.2 Å². The molecule has 1 aromatic heterocycles. The molecule has 1 aromatic carbocycles. The SMILES string of the molecule is Nn1c(SCC(=O)NCC(F)(F)F)nnc1-c1ccccc1Br. The second kappa shape index (κ2) is 7.21. The van der Waals surface area contributed by atoms with E-state index in [1.807, 2.05) is 6.07 Å². The first-order valence-electron chi connectivity index (χ1n) is 6.19. The van der Waals surface area contributed by atoms with E-state index < -0.39 is 18.6 Å². The number of carbonyl (C=O) groups excluding carboxylic acids is 1. The number of thioether (sulfide) groups is 1. The van der Waals surface area contributed by atoms with Crippen LogP contribution in [0.15, 0.2) is 33.9 Å². The minimum atomic E-state index is -4.44. The van der Waals surface area contributed by atoms with E-state index in [1.54, 1.807) is 23.5 Å². The van der Waals surface area contributed by atoms with E-state index in [1.165, 1.54) is 4.68 Å². The van der Waals surface area contributed by atoms with Gasteiger partial charge in [-0.25, -0.2) is 4.68 Å². The van der Waals surface area contributed by atoms with Gasteiger partial charge in [-0.05, 0) is 12.1 Å². The lowest BCUT2D eigenvalue weighted by Crippen LogP contribution is -2.34. The van der Waals surface area contributed by atoms with Crippen molar-refractivity contribution in [2.45, 2.75) is 11.3 Å². The number of halogens is 4. The molecule has 2 rings (SSSR count). The Kier molecular flexibility index (Phi) is 5.52. The maximum Gasteiger partial charge on any atom is 0.405 e. The average Bonchev–Trinajstić information content (AvgIpc) is 2.84. The van der Waals surface area contributed by atoms with Crippen molar-refractivity contribution < 1.29 is 18.0 Å². The fourth-order valence-corrected chi connectivity index (χ4v) is 2.73. The third kappa shape index (κ3) is 4.86. The molecule has 6 nitrogen and oxygen atoms in total. The number of benzene rings is 1. The third-order valence-electron chi connectivity index (χ3n) is 2.60. The summed E-state index contributed by atoms with van der Waals surface area (Å²) in [6, 6.07) is 7.21. The fraction of sp³-hybridized carbons (Fsp3) is 0.250. The molecule has 0 aliphatic rings. The van der Waals surface area contributed by atoms with Crippen LogP contribution in [0.25, 0.3) is 11.4 Å². The van der Waals surface area contributed by atoms with Crippen molar-refractivity contribution in [1.29, 1.82) is 0 Å². The van der Waals surface area contributed by atoms with Crippen LogP contribution >= 0.6 is 27.7 Å². The topological polar surface area (TPSA) is 85.8 Å². The second-order valence-corrected chi connectivity index (χ2v) is 6.13. The molecule has 23 heavy (non-hydrogen) atoms. The molecule has 124 valence electrons. The maximum atomic E-state index is 12.0. The monoisotopic (exact) mass is 409 g/mol. The van der Waals surface area contributed by atoms with Crippen molar-refractivity contribution in [3.63, 3.8) is 0 Å². The molecule has 0 spiro atoms. The summed E-state index contributed by atoms with van der Waals surface area (Å²) in [7, 11) is 0. The maximum absolute atomic E-state index is 12.0. The van der Waals surface area contributed by atoms with Crippen LogP contribution in [0.1, 0.15) is 0 Å². The Labute approximate surface area is 141 Å². The zero-order chi connectivity index (χ0) is 17.0. The van der Waals surface area contributed by atoms with Crippen molar-refractivity contribution >= 4 is 33.6 Å². The molecule has 0 fully saturated rings. The average molecular weight is 410 g/mol. The van der Waals surface area contributed by atoms with Crippen molar-refractivity contribution in [3.8, 4) is 11.4 Å². The largest absolute Gasteiger partial charge is 0.405 e. The summed E-state index contributed by atoms with van der Waals surface area (Å²) in [6.07, 6.45) is -4.44. The molecule has 3 N–H and O–H groups in total. The highest BCUT2D eigenvalue weighted by Crippen LogP contribution is 2.27. The zero-order valence-corrected chi connectivity index (χ0v) is 13.9. The van der Waals surface area contributed by atoms with Gasteiger partial charge >= 0.3 is 6.18 Å². The van der Waals surface area contributed by atoms with E-state index >= 15 is 0 Å². The van der Waals surface area contributed by atoms with Crippen LogP contribution < -0.4 is 11.2 Å². The van der Waals surface area contributed by atoms with Crippen LogP contribution in [0.2, 0.25) is 0 Å². The molecule has 0 unspecified atom stereocenters. The minimum absolute atomic E-state index is 0.220. The number of hydrogen-bond donors (Lipinski definition) is 2. The van der Waals surface area contributed by atoms with Gasteiger partial charge in [0.15, 0.2) is 5.82 Å². The highest BCUT2D eigenvalue weighted by Gasteiger charge is 2.27. The van der Waals surface area contributed by atoms with Crippen LogP contribution in [-0.4, -0.2) is 39.3 Å². The first-order valence-corrected chi connectivity index (χ1v) is 7.97. The van der Waals surface area contributed by atoms with Crippen LogP contribution in [-0.2, 0) is 4.79 Å². The number of amides is 1. The van der Waals surface area contributed by atoms with Gasteiger partial charge in [0, 0.05) is 10.0 Å². The highest BCUT2D eigenvalue weighted by atomic mass is 79.9. The van der Waals surface area contributed by atoms with E-state index in [0.717, 1.165) is 16.2 Å². The van der Waals surface area contributed by atoms with Crippen LogP contribution in [0.5, 0.6) is 0 Å². The van der Waals surface area contributed by atoms with Crippen LogP contribution in [0, 0.1) is 0 Å². The Morgan fingerprint density at radius 2 is 2.04 bits per heavy atom. The molecule has 0 atom stereocenters. The number of nitrogens with one attached hydrogen (secondary N) is 1. The van der Waals surface area contributed by atoms with E-state index in [4.69, 9.17) is 5.84 Å². The molecule has 0 bridgehead atoms. The fourth-order valence-electron chi connectivity index (χ4n) is 1.58. The van der Waals surface area contributed by atoms with Crippen molar-refractivity contribution in [2.75, 3.05) is 18.1 Å². The van der Waals surface area contributed by atoms with Gasteiger partial charge < -0.3 is 11.2 Å². The Bertz CT molecular complexity index is 706. The van der Waals surface area contributed by atoms with Crippen LogP contribution in [0.3, 0.4) is 0 Å². The molecular formula is C12H11BrF3N5OS. The van der Waals surface area contributed by atoms with Crippen molar-refractivity contribution in [2.24, 2.45) is 0 Å². The molecule has 1 amide bonds. The van der Waals surface area contributed by atoms with Gasteiger partial charge in [0.25, 0.3) is 0 Å². The highest BCUT2D eigenvalue weighted by molar-refractivity contribution is 9.10. The van der Waals surface area contributed by atoms with Gasteiger partial charge in [-0.2, -0.15) is 13.2 Å². The zero-order valence-electron chi connectivity index (χ0n) is 11.5. The lowest BCUT2D eigenvalue weighted by atomic mass is 10.2. The number of nitrogens with two attached hydrogens (primary N) is 1. The van der Waals surface area contributed by atoms with Crippen molar-refractivity contribution in [1.82, 2.24) is 20.2 Å². The van der Waals surface area contributed by atoms with Gasteiger partial charge in [0.05, 0.1) is 5.75 Å². The molecule has 2 aromatic rings. The number of alkyl halides is 3. The summed E-state index contributed by atoms with van der Waals surface area (Å²) in [5.41, 5.74) is 0.705. The van der Waals surface area contributed by atoms with Gasteiger partial charge in [-0.3, -0.25) is 4.79 Å². The van der Waals surface area contributed by atoms with E-state index in [-0.39, 0.29) is 10.9 Å². The minimum Gasteiger partial charge on any atom is -0.346 e. The van der Waals surface area contributed by atoms with E-state index in [9.17, 15) is 18.0 Å². The van der Waals surface area contributed by atoms with Crippen molar-refractivity contribution in [3.05, 3.63) is 28.7 Å². The van der Waals surface area contributed by atoms with Gasteiger partial charge in [-0.15, -0.1) is 10.2 Å². The Morgan fingerprint density at radius 3 is 2.70 bits per heavy atom. The summed E-state index contributed by atoms with van der Waals surface area (Å²) >= 11 is 4.26. The van der Waals surface area contributed by atoms with Gasteiger partial charge in [0.2, 0.25) is 11.1 Å². The Morgan fingerprint density at radius 1 is 1.35 bits per heavy atom. The quantitative estimate of drug-likeness (QED) is 0.583. The molecular weight excluding hydrogens is 399 g/mol. The molecule has 0 radical (unpaired) electrons. The number of hydrogen-bond acceptors (Lipinski definition) is 5. The standard InChI is InChI=1S/C12H11BrF3N5OS/c13-8-4-2-1-3-7(8)10-19-20-11(21(10)17)23-5-9(22)18-6-12(14,15)16/h1-4H,5-6,17H2,(H,18,22). The number of rotatable bonds is 5. The predicted octanol–water partition coefficient (Wildman–Crippen LogP) is 2.19. The second-order valence-electron chi connectivity index (χ2n) is 4.34. The molecule has 1 heterocycles. The Balaban J connectivity index is 2.01. The molecule has 0 saturated carbocycles. The lowest BCUT2D eigenvalue weighted by molar-refractivity contribution is -0.136. The summed E-state index contributed by atoms with van der Waals surface area (Å²) in [4.78, 5) is 11.4. The Hall–Kier alpha value is -1.75. The summed E-state index contributed by atoms with van der Waals surface area (Å²) in [5.74, 6) is 5.23. The third-order valence-corrected chi connectivity index (χ3v) is 4.23. The smallest absolute Gasteiger partial charge is 0.346 e. The number of aromatic nitrogens is 3. The van der Waals surface area contributed by atoms with Gasteiger partial charge in [-0.1, -0.05) is 39.8 Å². The molecule has 0 aliphatic carbocycles. The first-order chi connectivity index (χ1) is 10.8. The summed E-state index contributed by atoms with van der Waals surface area (Å²) < 4.78 is 37.9. The summed E-state index contributed by atoms with van der Waals surface area (Å²) in [5, 5.41) is 9.77. The summed E-state index contributed by atoms with van der Waals surface area (Å²) in [6.45, 7) is -1.37. The van der Waals surface area contributed by atoms with E-state index in [2.05, 4.69) is 26.1 Å². The number of nitrogens with zero attached hydrogens (tertiary/aromatic N) is 3. The molecule has 11 heteroatoms. The normalized spacial score (nSPS) is 11.5. The predicted molar refractivity (Wildman–Crippen MR) is 83.1 cm³/mol. The lowest BCUT2D eigenvalue weighted by Gasteiger charge is -2.08. The number of carbonyl (C=O) groups is 1.